The van der Waals surface area contributed by atoms with Gasteiger partial charge in [0.05, 0.1) is 29.6 Å². The van der Waals surface area contributed by atoms with E-state index in [2.05, 4.69) is 30.6 Å². The Balaban J connectivity index is 1.49. The van der Waals surface area contributed by atoms with Gasteiger partial charge in [-0.3, -0.25) is 29.4 Å². The molecule has 0 aromatic heterocycles. The number of likely N-dealkylation sites (N-methyl/N-ethyl adjacent to an activating group) is 1. The predicted molar refractivity (Wildman–Crippen MR) is 130 cm³/mol. The van der Waals surface area contributed by atoms with Crippen molar-refractivity contribution >= 4 is 54.9 Å². The number of morpholine rings is 1. The molecule has 6 amide bonds. The van der Waals surface area contributed by atoms with Gasteiger partial charge in [-0.05, 0) is 25.0 Å². The van der Waals surface area contributed by atoms with E-state index in [1.807, 2.05) is 0 Å². The molecule has 1 aromatic carbocycles. The van der Waals surface area contributed by atoms with E-state index in [1.165, 1.54) is 21.7 Å². The molecular weight excluding hydrogens is 480 g/mol. The number of hydrogen-bond acceptors (Lipinski definition) is 8. The number of fused-ring (bicyclic) bond motifs is 1. The van der Waals surface area contributed by atoms with Gasteiger partial charge in [-0.2, -0.15) is 25.3 Å². The summed E-state index contributed by atoms with van der Waals surface area (Å²) in [5, 5.41) is 1.56. The van der Waals surface area contributed by atoms with Crippen molar-refractivity contribution < 1.29 is 28.7 Å². The Morgan fingerprint density at radius 2 is 1.71 bits per heavy atom. The van der Waals surface area contributed by atoms with Gasteiger partial charge in [0, 0.05) is 32.4 Å². The van der Waals surface area contributed by atoms with E-state index in [0.29, 0.717) is 43.9 Å². The highest BCUT2D eigenvalue weighted by atomic mass is 32.1. The summed E-state index contributed by atoms with van der Waals surface area (Å²) in [4.78, 5) is 66.5. The number of amides is 6. The van der Waals surface area contributed by atoms with Crippen LogP contribution in [0.3, 0.4) is 0 Å². The summed E-state index contributed by atoms with van der Waals surface area (Å²) < 4.78 is 5.19. The van der Waals surface area contributed by atoms with Crippen LogP contribution < -0.4 is 5.32 Å². The average Bonchev–Trinajstić information content (AvgIpc) is 3.09. The minimum Gasteiger partial charge on any atom is -0.378 e. The molecule has 12 heteroatoms. The molecule has 0 saturated carbocycles. The molecule has 2 heterocycles. The summed E-state index contributed by atoms with van der Waals surface area (Å²) in [7, 11) is 1.45. The molecule has 0 aliphatic carbocycles. The molecule has 1 unspecified atom stereocenters. The lowest BCUT2D eigenvalue weighted by atomic mass is 10.1. The van der Waals surface area contributed by atoms with Crippen LogP contribution in [0.4, 0.5) is 4.79 Å². The smallest absolute Gasteiger partial charge is 0.324 e. The molecule has 34 heavy (non-hydrogen) atoms. The van der Waals surface area contributed by atoms with Crippen LogP contribution in [0.5, 0.6) is 0 Å². The molecule has 10 nitrogen and oxygen atoms in total. The molecule has 1 fully saturated rings. The molecule has 1 aromatic rings. The molecule has 0 radical (unpaired) electrons. The van der Waals surface area contributed by atoms with Crippen molar-refractivity contribution in [2.24, 2.45) is 0 Å². The monoisotopic (exact) mass is 508 g/mol. The quantitative estimate of drug-likeness (QED) is 0.352. The maximum atomic E-state index is 12.8. The number of rotatable bonds is 8. The lowest BCUT2D eigenvalue weighted by molar-refractivity contribution is -0.137. The zero-order valence-electron chi connectivity index (χ0n) is 18.8. The zero-order chi connectivity index (χ0) is 24.8. The van der Waals surface area contributed by atoms with Crippen LogP contribution in [-0.2, 0) is 14.3 Å². The standard InChI is InChI=1S/C22H28N4O6S2/c1-24(16(13-33)18(27)23-22(31)25-9-11-32-12-10-25)21(30)17(34)7-4-8-26-19(28)14-5-2-3-6-15(14)20(26)29/h2-3,5-6,16-17,33-34H,4,7-13H2,1H3,(H,23,27,31)/t16?,17-/m0/s1. The second kappa shape index (κ2) is 11.7. The topological polar surface area (TPSA) is 116 Å². The SMILES string of the molecule is CN(C(=O)[C@@H](S)CCCN1C(=O)c2ccccc2C1=O)C(CS)C(=O)NC(=O)N1CCOCC1. The summed E-state index contributed by atoms with van der Waals surface area (Å²) >= 11 is 8.54. The molecule has 184 valence electrons. The number of nitrogens with one attached hydrogen (secondary N) is 1. The summed E-state index contributed by atoms with van der Waals surface area (Å²) in [5.41, 5.74) is 0.750. The van der Waals surface area contributed by atoms with E-state index >= 15 is 0 Å². The Morgan fingerprint density at radius 3 is 2.26 bits per heavy atom. The van der Waals surface area contributed by atoms with Crippen molar-refractivity contribution in [1.29, 1.82) is 0 Å². The second-order valence-electron chi connectivity index (χ2n) is 8.01. The van der Waals surface area contributed by atoms with Gasteiger partial charge in [0.15, 0.2) is 0 Å². The molecule has 2 aliphatic heterocycles. The average molecular weight is 509 g/mol. The van der Waals surface area contributed by atoms with E-state index in [0.717, 1.165) is 0 Å². The van der Waals surface area contributed by atoms with Crippen molar-refractivity contribution in [3.8, 4) is 0 Å². The van der Waals surface area contributed by atoms with Crippen molar-refractivity contribution in [2.75, 3.05) is 45.6 Å². The lowest BCUT2D eigenvalue weighted by Gasteiger charge is -2.30. The minimum atomic E-state index is -0.966. The van der Waals surface area contributed by atoms with Crippen LogP contribution in [0.1, 0.15) is 33.6 Å². The van der Waals surface area contributed by atoms with Gasteiger partial charge in [0.1, 0.15) is 6.04 Å². The fraction of sp³-hybridized carbons (Fsp3) is 0.500. The van der Waals surface area contributed by atoms with E-state index in [1.54, 1.807) is 24.3 Å². The zero-order valence-corrected chi connectivity index (χ0v) is 20.6. The highest BCUT2D eigenvalue weighted by Crippen LogP contribution is 2.23. The minimum absolute atomic E-state index is 0.0139. The van der Waals surface area contributed by atoms with Crippen molar-refractivity contribution in [3.05, 3.63) is 35.4 Å². The normalized spacial score (nSPS) is 17.3. The summed E-state index contributed by atoms with van der Waals surface area (Å²) in [6.07, 6.45) is 0.653. The van der Waals surface area contributed by atoms with Crippen LogP contribution in [-0.4, -0.2) is 101 Å². The predicted octanol–water partition coefficient (Wildman–Crippen LogP) is 0.686. The molecule has 2 atom stereocenters. The van der Waals surface area contributed by atoms with Crippen LogP contribution in [0.15, 0.2) is 24.3 Å². The third-order valence-electron chi connectivity index (χ3n) is 5.84. The fourth-order valence-corrected chi connectivity index (χ4v) is 4.59. The molecule has 0 bridgehead atoms. The van der Waals surface area contributed by atoms with Gasteiger partial charge in [-0.1, -0.05) is 12.1 Å². The van der Waals surface area contributed by atoms with Crippen molar-refractivity contribution in [1.82, 2.24) is 20.0 Å². The lowest BCUT2D eigenvalue weighted by Crippen LogP contribution is -2.55. The Morgan fingerprint density at radius 1 is 1.12 bits per heavy atom. The third kappa shape index (κ3) is 5.73. The molecular formula is C22H28N4O6S2. The summed E-state index contributed by atoms with van der Waals surface area (Å²) in [5.74, 6) is -1.74. The van der Waals surface area contributed by atoms with Crippen molar-refractivity contribution in [2.45, 2.75) is 24.1 Å². The van der Waals surface area contributed by atoms with E-state index in [4.69, 9.17) is 4.74 Å². The third-order valence-corrected chi connectivity index (χ3v) is 6.67. The second-order valence-corrected chi connectivity index (χ2v) is 9.00. The highest BCUT2D eigenvalue weighted by Gasteiger charge is 2.35. The first-order valence-electron chi connectivity index (χ1n) is 10.9. The largest absolute Gasteiger partial charge is 0.378 e. The number of ether oxygens (including phenoxy) is 1. The molecule has 0 spiro atoms. The van der Waals surface area contributed by atoms with Gasteiger partial charge in [0.2, 0.25) is 5.91 Å². The Bertz CT molecular complexity index is 933. The van der Waals surface area contributed by atoms with Gasteiger partial charge in [-0.15, -0.1) is 0 Å². The summed E-state index contributed by atoms with van der Waals surface area (Å²) in [6.45, 7) is 1.72. The first-order chi connectivity index (χ1) is 16.3. The highest BCUT2D eigenvalue weighted by molar-refractivity contribution is 7.81. The van der Waals surface area contributed by atoms with Gasteiger partial charge < -0.3 is 14.5 Å². The number of urea groups is 1. The molecule has 1 N–H and O–H groups in total. The molecule has 3 rings (SSSR count). The Kier molecular flexibility index (Phi) is 8.97. The number of carbonyl (C=O) groups excluding carboxylic acids is 5. The first-order valence-corrected chi connectivity index (χ1v) is 12.1. The maximum Gasteiger partial charge on any atom is 0.324 e. The van der Waals surface area contributed by atoms with Gasteiger partial charge in [0.25, 0.3) is 17.7 Å². The first kappa shape index (κ1) is 26.0. The van der Waals surface area contributed by atoms with Crippen molar-refractivity contribution in [3.63, 3.8) is 0 Å². The number of nitrogens with zero attached hydrogens (tertiary/aromatic N) is 3. The number of benzene rings is 1. The number of hydrogen-bond donors (Lipinski definition) is 3. The van der Waals surface area contributed by atoms with Gasteiger partial charge >= 0.3 is 6.03 Å². The maximum absolute atomic E-state index is 12.8. The van der Waals surface area contributed by atoms with Crippen LogP contribution in [0.25, 0.3) is 0 Å². The molecule has 1 saturated heterocycles. The number of imide groups is 2. The summed E-state index contributed by atoms with van der Waals surface area (Å²) in [6, 6.07) is 5.13. The Labute approximate surface area is 208 Å². The van der Waals surface area contributed by atoms with Crippen LogP contribution in [0, 0.1) is 0 Å². The van der Waals surface area contributed by atoms with E-state index < -0.39 is 29.1 Å². The number of carbonyl (C=O) groups is 5. The van der Waals surface area contributed by atoms with Gasteiger partial charge in [-0.25, -0.2) is 4.79 Å². The van der Waals surface area contributed by atoms with E-state index in [-0.39, 0.29) is 30.5 Å². The van der Waals surface area contributed by atoms with Crippen LogP contribution in [0.2, 0.25) is 0 Å². The molecule has 2 aliphatic rings. The fourth-order valence-electron chi connectivity index (χ4n) is 3.81. The van der Waals surface area contributed by atoms with Crippen LogP contribution >= 0.6 is 25.3 Å². The Hall–Kier alpha value is -2.57. The van der Waals surface area contributed by atoms with E-state index in [9.17, 15) is 24.0 Å². The number of thiol groups is 2.